The number of benzene rings is 6. The van der Waals surface area contributed by atoms with E-state index in [2.05, 4.69) is 133 Å². The predicted molar refractivity (Wildman–Crippen MR) is 273 cm³/mol. The molecule has 0 aliphatic carbocycles. The first kappa shape index (κ1) is 43.1. The second-order valence-electron chi connectivity index (χ2n) is 19.0. The van der Waals surface area contributed by atoms with Crippen LogP contribution in [0.3, 0.4) is 0 Å². The molecule has 0 aliphatic heterocycles. The van der Waals surface area contributed by atoms with E-state index in [1.165, 1.54) is 42.6 Å². The van der Waals surface area contributed by atoms with Gasteiger partial charge in [0.1, 0.15) is 5.58 Å². The number of nitrogens with zero attached hydrogens (tertiary/aromatic N) is 3. The van der Waals surface area contributed by atoms with Gasteiger partial charge in [-0.05, 0) is 65.8 Å². The van der Waals surface area contributed by atoms with Gasteiger partial charge in [-0.25, -0.2) is 0 Å². The van der Waals surface area contributed by atoms with Crippen LogP contribution in [0.5, 0.6) is 0 Å². The fourth-order valence-electron chi connectivity index (χ4n) is 8.77. The first-order chi connectivity index (χ1) is 31.0. The van der Waals surface area contributed by atoms with Crippen LogP contribution in [0.2, 0.25) is 17.3 Å². The Morgan fingerprint density at radius 2 is 1.55 bits per heavy atom. The van der Waals surface area contributed by atoms with Crippen LogP contribution in [-0.2, 0) is 39.3 Å². The van der Waals surface area contributed by atoms with Crippen LogP contribution < -0.4 is 4.40 Å². The Labute approximate surface area is 401 Å². The molecule has 0 fully saturated rings. The SMILES string of the molecule is CCc1cc2c(sc3cc(C(C)C)ccc32)c(CC)c1-n1c(-c2[c-]cc3oc4ccccc4c3c2)nc2ccccc21.[2H]C([2H])(c1cc(-c2[c-]cccc2)nc[c]1[Ge]([CH3])([CH3])[CH3])C(C)(C)C.[Ir]. The average molecular weight is 1100 g/mol. The van der Waals surface area contributed by atoms with Gasteiger partial charge in [0.25, 0.3) is 0 Å². The van der Waals surface area contributed by atoms with Crippen LogP contribution in [0.4, 0.5) is 0 Å². The van der Waals surface area contributed by atoms with Crippen molar-refractivity contribution in [1.29, 1.82) is 0 Å². The molecule has 0 atom stereocenters. The van der Waals surface area contributed by atoms with Gasteiger partial charge in [-0.3, -0.25) is 4.98 Å². The molecule has 7 heteroatoms. The van der Waals surface area contributed by atoms with Crippen molar-refractivity contribution < 1.29 is 27.3 Å². The first-order valence-corrected chi connectivity index (χ1v) is 30.5. The molecular weight excluding hydrogens is 1040 g/mol. The minimum atomic E-state index is -2.24. The third-order valence-electron chi connectivity index (χ3n) is 11.9. The smallest absolute Gasteiger partial charge is 0 e. The third kappa shape index (κ3) is 8.79. The summed E-state index contributed by atoms with van der Waals surface area (Å²) in [6.45, 7) is 15.0. The van der Waals surface area contributed by atoms with E-state index in [4.69, 9.17) is 12.1 Å². The largest absolute Gasteiger partial charge is 0 e. The molecular formula is C57H57GeIrN3OS-2. The molecule has 0 saturated carbocycles. The Morgan fingerprint density at radius 3 is 2.27 bits per heavy atom. The van der Waals surface area contributed by atoms with Crippen molar-refractivity contribution >= 4 is 82.1 Å². The Bertz CT molecular complexity index is 3390. The number of imidazole rings is 1. The van der Waals surface area contributed by atoms with Crippen LogP contribution >= 0.6 is 11.3 Å². The van der Waals surface area contributed by atoms with Crippen molar-refractivity contribution in [3.63, 3.8) is 0 Å². The molecule has 4 nitrogen and oxygen atoms in total. The monoisotopic (exact) mass is 1100 g/mol. The molecule has 1 radical (unpaired) electrons. The van der Waals surface area contributed by atoms with Gasteiger partial charge in [-0.15, -0.1) is 35.1 Å². The maximum Gasteiger partial charge on any atom is 0 e. The molecule has 64 heavy (non-hydrogen) atoms. The number of fused-ring (bicyclic) bond motifs is 7. The quantitative estimate of drug-likeness (QED) is 0.112. The second kappa shape index (κ2) is 18.2. The summed E-state index contributed by atoms with van der Waals surface area (Å²) in [5.41, 5.74) is 12.2. The second-order valence-corrected chi connectivity index (χ2v) is 30.6. The van der Waals surface area contributed by atoms with Crippen molar-refractivity contribution in [3.8, 4) is 28.3 Å². The first-order valence-electron chi connectivity index (χ1n) is 23.3. The van der Waals surface area contributed by atoms with E-state index < -0.39 is 25.1 Å². The summed E-state index contributed by atoms with van der Waals surface area (Å²) in [6, 6.07) is 46.8. The number of furan rings is 1. The number of para-hydroxylation sites is 3. The molecule has 0 spiro atoms. The zero-order chi connectivity index (χ0) is 46.0. The molecule has 4 aromatic heterocycles. The van der Waals surface area contributed by atoms with E-state index in [1.54, 1.807) is 0 Å². The average Bonchev–Trinajstić information content (AvgIpc) is 3.98. The molecule has 0 unspecified atom stereocenters. The van der Waals surface area contributed by atoms with Crippen LogP contribution in [0, 0.1) is 17.5 Å². The Balaban J connectivity index is 0.000000211. The van der Waals surface area contributed by atoms with Gasteiger partial charge in [0, 0.05) is 51.4 Å². The van der Waals surface area contributed by atoms with Crippen molar-refractivity contribution in [2.24, 2.45) is 5.41 Å². The summed E-state index contributed by atoms with van der Waals surface area (Å²) < 4.78 is 29.9. The van der Waals surface area contributed by atoms with Gasteiger partial charge >= 0.3 is 135 Å². The van der Waals surface area contributed by atoms with Crippen molar-refractivity contribution in [1.82, 2.24) is 14.5 Å². The minimum absolute atomic E-state index is 0. The summed E-state index contributed by atoms with van der Waals surface area (Å²) in [7, 11) is 0. The normalized spacial score (nSPS) is 12.8. The Morgan fingerprint density at radius 1 is 0.781 bits per heavy atom. The molecule has 10 rings (SSSR count). The maximum absolute atomic E-state index is 8.76. The fraction of sp³-hybridized carbons (Fsp3) is 0.263. The Kier molecular flexibility index (Phi) is 12.2. The van der Waals surface area contributed by atoms with Crippen molar-refractivity contribution in [3.05, 3.63) is 156 Å². The maximum atomic E-state index is 8.76. The fourth-order valence-corrected chi connectivity index (χ4v) is 13.0. The molecule has 10 aromatic rings. The van der Waals surface area contributed by atoms with E-state index in [1.807, 2.05) is 86.8 Å². The Hall–Kier alpha value is -4.85. The van der Waals surface area contributed by atoms with Crippen LogP contribution in [0.1, 0.15) is 79.4 Å². The van der Waals surface area contributed by atoms with Crippen molar-refractivity contribution in [2.75, 3.05) is 0 Å². The molecule has 0 saturated heterocycles. The molecule has 327 valence electrons. The predicted octanol–water partition coefficient (Wildman–Crippen LogP) is 15.7. The van der Waals surface area contributed by atoms with Gasteiger partial charge in [0.15, 0.2) is 0 Å². The van der Waals surface area contributed by atoms with Gasteiger partial charge in [-0.1, -0.05) is 75.5 Å². The topological polar surface area (TPSA) is 43.9 Å². The molecule has 6 aromatic carbocycles. The number of hydrogen-bond acceptors (Lipinski definition) is 4. The van der Waals surface area contributed by atoms with Crippen LogP contribution in [-0.4, -0.2) is 27.8 Å². The van der Waals surface area contributed by atoms with Gasteiger partial charge in [-0.2, -0.15) is 0 Å². The van der Waals surface area contributed by atoms with Gasteiger partial charge in [0.05, 0.1) is 22.4 Å². The summed E-state index contributed by atoms with van der Waals surface area (Å²) in [5.74, 6) is 8.28. The number of rotatable bonds is 8. The number of aromatic nitrogens is 3. The van der Waals surface area contributed by atoms with Gasteiger partial charge < -0.3 is 8.98 Å². The summed E-state index contributed by atoms with van der Waals surface area (Å²) in [4.78, 5) is 9.86. The summed E-state index contributed by atoms with van der Waals surface area (Å²) >= 11 is -0.308. The number of thiophene rings is 1. The zero-order valence-electron chi connectivity index (χ0n) is 40.5. The molecule has 0 aliphatic rings. The standard InChI is InChI=1S/C38H31N2OS.C19H26GeN.Ir/c1-5-23-19-30-28-17-15-24(22(3)4)21-35(28)42-37(30)26(6-2)36(23)40-32-13-9-8-12-31(32)39-38(40)25-16-18-34-29(20-25)27-11-7-10-14-33(27)41-34;1-19(2,3)13-16-12-18(15-10-8-7-9-11-15)21-14-17(16)20(4,5)6;/h7-15,17-22H,5-6H2,1-4H3;7-10,12,14H,13H2,1-6H3;/q2*-1;/i;13D2;. The zero-order valence-corrected chi connectivity index (χ0v) is 43.8. The van der Waals surface area contributed by atoms with Crippen LogP contribution in [0.25, 0.3) is 81.5 Å². The number of aryl methyl sites for hydroxylation is 2. The number of hydrogen-bond donors (Lipinski definition) is 0. The summed E-state index contributed by atoms with van der Waals surface area (Å²) in [5, 5.41) is 4.93. The van der Waals surface area contributed by atoms with Crippen LogP contribution in [0.15, 0.2) is 126 Å². The van der Waals surface area contributed by atoms with Gasteiger partial charge in [0.2, 0.25) is 0 Å². The minimum Gasteiger partial charge on any atom is 0 e. The third-order valence-corrected chi connectivity index (χ3v) is 17.3. The van der Waals surface area contributed by atoms with E-state index in [0.29, 0.717) is 5.92 Å². The van der Waals surface area contributed by atoms with E-state index in [9.17, 15) is 0 Å². The van der Waals surface area contributed by atoms with E-state index >= 15 is 0 Å². The van der Waals surface area contributed by atoms with Crippen molar-refractivity contribution in [2.45, 2.75) is 90.9 Å². The molecule has 4 heterocycles. The molecule has 0 N–H and O–H groups in total. The molecule has 0 bridgehead atoms. The summed E-state index contributed by atoms with van der Waals surface area (Å²) in [6.07, 6.45) is 2.37. The molecule has 0 amide bonds. The van der Waals surface area contributed by atoms with E-state index in [0.717, 1.165) is 78.4 Å². The van der Waals surface area contributed by atoms with E-state index in [-0.39, 0.29) is 20.1 Å². The number of pyridine rings is 1.